The summed E-state index contributed by atoms with van der Waals surface area (Å²) in [6.45, 7) is 3.51. The summed E-state index contributed by atoms with van der Waals surface area (Å²) in [6, 6.07) is 4.83. The molecule has 1 aliphatic heterocycles. The van der Waals surface area contributed by atoms with Crippen molar-refractivity contribution < 1.29 is 9.13 Å². The topological polar surface area (TPSA) is 38.5 Å². The molecule has 2 N–H and O–H groups in total. The van der Waals surface area contributed by atoms with Crippen molar-refractivity contribution >= 4 is 5.69 Å². The third kappa shape index (κ3) is 2.42. The number of hydrogen-bond acceptors (Lipinski definition) is 3. The number of benzene rings is 1. The summed E-state index contributed by atoms with van der Waals surface area (Å²) >= 11 is 0. The Morgan fingerprint density at radius 2 is 2.29 bits per heavy atom. The van der Waals surface area contributed by atoms with Gasteiger partial charge in [-0.3, -0.25) is 0 Å². The fourth-order valence-electron chi connectivity index (χ4n) is 2.39. The highest BCUT2D eigenvalue weighted by atomic mass is 19.1. The summed E-state index contributed by atoms with van der Waals surface area (Å²) < 4.78 is 19.1. The molecule has 0 aromatic heterocycles. The van der Waals surface area contributed by atoms with E-state index >= 15 is 0 Å². The first kappa shape index (κ1) is 12.3. The SMILES string of the molecule is COC1CCN(c2cccc(F)c2[C@@H](C)N)C1. The molecule has 0 bridgehead atoms. The van der Waals surface area contributed by atoms with E-state index in [1.165, 1.54) is 6.07 Å². The van der Waals surface area contributed by atoms with Crippen LogP contribution in [0.4, 0.5) is 10.1 Å². The predicted molar refractivity (Wildman–Crippen MR) is 66.6 cm³/mol. The number of methoxy groups -OCH3 is 1. The van der Waals surface area contributed by atoms with E-state index in [-0.39, 0.29) is 18.0 Å². The molecule has 0 spiro atoms. The van der Waals surface area contributed by atoms with Gasteiger partial charge in [0.05, 0.1) is 6.10 Å². The van der Waals surface area contributed by atoms with Crippen molar-refractivity contribution in [2.45, 2.75) is 25.5 Å². The zero-order valence-corrected chi connectivity index (χ0v) is 10.3. The lowest BCUT2D eigenvalue weighted by Crippen LogP contribution is -2.25. The third-order valence-electron chi connectivity index (χ3n) is 3.30. The molecule has 17 heavy (non-hydrogen) atoms. The van der Waals surface area contributed by atoms with Gasteiger partial charge >= 0.3 is 0 Å². The Morgan fingerprint density at radius 1 is 1.53 bits per heavy atom. The number of anilines is 1. The zero-order chi connectivity index (χ0) is 12.4. The molecule has 4 heteroatoms. The quantitative estimate of drug-likeness (QED) is 0.876. The molecule has 1 unspecified atom stereocenters. The van der Waals surface area contributed by atoms with Gasteiger partial charge in [0, 0.05) is 37.5 Å². The Balaban J connectivity index is 2.29. The number of hydrogen-bond donors (Lipinski definition) is 1. The van der Waals surface area contributed by atoms with Gasteiger partial charge in [0.15, 0.2) is 0 Å². The minimum Gasteiger partial charge on any atom is -0.380 e. The van der Waals surface area contributed by atoms with Crippen LogP contribution >= 0.6 is 0 Å². The highest BCUT2D eigenvalue weighted by Gasteiger charge is 2.25. The lowest BCUT2D eigenvalue weighted by molar-refractivity contribution is 0.121. The fraction of sp³-hybridized carbons (Fsp3) is 0.538. The minimum atomic E-state index is -0.298. The average molecular weight is 238 g/mol. The van der Waals surface area contributed by atoms with Crippen LogP contribution in [0.15, 0.2) is 18.2 Å². The molecule has 0 radical (unpaired) electrons. The second kappa shape index (κ2) is 5.02. The third-order valence-corrected chi connectivity index (χ3v) is 3.30. The highest BCUT2D eigenvalue weighted by Crippen LogP contribution is 2.30. The summed E-state index contributed by atoms with van der Waals surface area (Å²) in [5, 5.41) is 0. The average Bonchev–Trinajstić information content (AvgIpc) is 2.76. The van der Waals surface area contributed by atoms with Gasteiger partial charge in [0.25, 0.3) is 0 Å². The Bertz CT molecular complexity index is 395. The maximum atomic E-state index is 13.8. The molecular weight excluding hydrogens is 219 g/mol. The summed E-state index contributed by atoms with van der Waals surface area (Å²) in [5.41, 5.74) is 7.36. The molecule has 2 atom stereocenters. The van der Waals surface area contributed by atoms with E-state index in [4.69, 9.17) is 10.5 Å². The Kier molecular flexibility index (Phi) is 3.64. The molecule has 1 aromatic carbocycles. The first-order valence-electron chi connectivity index (χ1n) is 5.95. The minimum absolute atomic E-state index is 0.224. The lowest BCUT2D eigenvalue weighted by Gasteiger charge is -2.23. The second-order valence-electron chi connectivity index (χ2n) is 4.55. The molecule has 1 fully saturated rings. The molecule has 3 nitrogen and oxygen atoms in total. The zero-order valence-electron chi connectivity index (χ0n) is 10.3. The molecular formula is C13H19FN2O. The largest absolute Gasteiger partial charge is 0.380 e. The normalized spacial score (nSPS) is 21.9. The summed E-state index contributed by atoms with van der Waals surface area (Å²) in [5.74, 6) is -0.224. The van der Waals surface area contributed by atoms with Crippen LogP contribution < -0.4 is 10.6 Å². The summed E-state index contributed by atoms with van der Waals surface area (Å²) in [7, 11) is 1.71. The van der Waals surface area contributed by atoms with Gasteiger partial charge in [-0.15, -0.1) is 0 Å². The molecule has 0 amide bonds. The van der Waals surface area contributed by atoms with Crippen molar-refractivity contribution in [2.24, 2.45) is 5.73 Å². The molecule has 0 saturated carbocycles. The fourth-order valence-corrected chi connectivity index (χ4v) is 2.39. The van der Waals surface area contributed by atoms with Crippen molar-refractivity contribution in [3.63, 3.8) is 0 Å². The maximum Gasteiger partial charge on any atom is 0.130 e. The van der Waals surface area contributed by atoms with Crippen LogP contribution in [0, 0.1) is 5.82 Å². The van der Waals surface area contributed by atoms with Crippen molar-refractivity contribution in [1.29, 1.82) is 0 Å². The number of nitrogens with two attached hydrogens (primary N) is 1. The number of halogens is 1. The van der Waals surface area contributed by atoms with Gasteiger partial charge < -0.3 is 15.4 Å². The molecule has 94 valence electrons. The highest BCUT2D eigenvalue weighted by molar-refractivity contribution is 5.56. The maximum absolute atomic E-state index is 13.8. The molecule has 1 heterocycles. The van der Waals surface area contributed by atoms with E-state index in [9.17, 15) is 4.39 Å². The van der Waals surface area contributed by atoms with Gasteiger partial charge in [-0.25, -0.2) is 4.39 Å². The van der Waals surface area contributed by atoms with Crippen LogP contribution in [0.3, 0.4) is 0 Å². The first-order chi connectivity index (χ1) is 8.13. The van der Waals surface area contributed by atoms with Crippen LogP contribution in [0.2, 0.25) is 0 Å². The van der Waals surface area contributed by atoms with Crippen LogP contribution in [0.5, 0.6) is 0 Å². The van der Waals surface area contributed by atoms with Crippen molar-refractivity contribution in [1.82, 2.24) is 0 Å². The monoisotopic (exact) mass is 238 g/mol. The van der Waals surface area contributed by atoms with E-state index in [1.54, 1.807) is 13.2 Å². The van der Waals surface area contributed by atoms with Crippen molar-refractivity contribution in [2.75, 3.05) is 25.1 Å². The van der Waals surface area contributed by atoms with E-state index in [0.29, 0.717) is 5.56 Å². The Morgan fingerprint density at radius 3 is 2.88 bits per heavy atom. The van der Waals surface area contributed by atoms with Gasteiger partial charge in [-0.1, -0.05) is 6.07 Å². The smallest absolute Gasteiger partial charge is 0.130 e. The molecule has 1 aromatic rings. The van der Waals surface area contributed by atoms with Crippen LogP contribution in [-0.4, -0.2) is 26.3 Å². The second-order valence-corrected chi connectivity index (χ2v) is 4.55. The Labute approximate surface area is 101 Å². The number of nitrogens with zero attached hydrogens (tertiary/aromatic N) is 1. The summed E-state index contributed by atoms with van der Waals surface area (Å²) in [6.07, 6.45) is 1.21. The van der Waals surface area contributed by atoms with Gasteiger partial charge in [-0.2, -0.15) is 0 Å². The van der Waals surface area contributed by atoms with Crippen molar-refractivity contribution in [3.05, 3.63) is 29.6 Å². The molecule has 1 aliphatic rings. The van der Waals surface area contributed by atoms with E-state index in [2.05, 4.69) is 4.90 Å². The number of rotatable bonds is 3. The predicted octanol–water partition coefficient (Wildman–Crippen LogP) is 2.07. The summed E-state index contributed by atoms with van der Waals surface area (Å²) in [4.78, 5) is 2.15. The van der Waals surface area contributed by atoms with E-state index in [1.807, 2.05) is 13.0 Å². The molecule has 2 rings (SSSR count). The standard InChI is InChI=1S/C13H19FN2O/c1-9(15)13-11(14)4-3-5-12(13)16-7-6-10(8-16)17-2/h3-5,9-10H,6-8,15H2,1-2H3/t9-,10?/m1/s1. The molecule has 1 saturated heterocycles. The molecule has 0 aliphatic carbocycles. The van der Waals surface area contributed by atoms with Gasteiger partial charge in [0.2, 0.25) is 0 Å². The van der Waals surface area contributed by atoms with Crippen LogP contribution in [0.25, 0.3) is 0 Å². The van der Waals surface area contributed by atoms with Crippen LogP contribution in [-0.2, 0) is 4.74 Å². The van der Waals surface area contributed by atoms with Crippen LogP contribution in [0.1, 0.15) is 24.9 Å². The Hall–Kier alpha value is -1.13. The first-order valence-corrected chi connectivity index (χ1v) is 5.95. The number of ether oxygens (including phenoxy) is 1. The van der Waals surface area contributed by atoms with Gasteiger partial charge in [-0.05, 0) is 25.5 Å². The lowest BCUT2D eigenvalue weighted by atomic mass is 10.1. The van der Waals surface area contributed by atoms with Crippen molar-refractivity contribution in [3.8, 4) is 0 Å². The van der Waals surface area contributed by atoms with E-state index < -0.39 is 0 Å². The van der Waals surface area contributed by atoms with Gasteiger partial charge in [0.1, 0.15) is 5.82 Å². The van der Waals surface area contributed by atoms with E-state index in [0.717, 1.165) is 25.2 Å².